The number of hydrogen-bond acceptors (Lipinski definition) is 4. The van der Waals surface area contributed by atoms with E-state index in [-0.39, 0.29) is 23.7 Å². The predicted octanol–water partition coefficient (Wildman–Crippen LogP) is 1.86. The first kappa shape index (κ1) is 17.1. The Hall–Kier alpha value is -1.91. The highest BCUT2D eigenvalue weighted by Gasteiger charge is 2.37. The Morgan fingerprint density at radius 1 is 1.33 bits per heavy atom. The fourth-order valence-electron chi connectivity index (χ4n) is 2.14. The largest absolute Gasteiger partial charge is 0.348 e. The first-order chi connectivity index (χ1) is 9.66. The van der Waals surface area contributed by atoms with Crippen molar-refractivity contribution in [2.75, 3.05) is 26.2 Å². The number of Topliss-reactive ketones (excluding diaryl/α,β-unsaturated/α-hetero) is 1. The van der Waals surface area contributed by atoms with Crippen LogP contribution in [-0.2, 0) is 9.59 Å². The third-order valence-electron chi connectivity index (χ3n) is 3.48. The van der Waals surface area contributed by atoms with Crippen molar-refractivity contribution in [1.82, 2.24) is 9.80 Å². The van der Waals surface area contributed by atoms with Crippen LogP contribution in [0.25, 0.3) is 0 Å². The van der Waals surface area contributed by atoms with Crippen molar-refractivity contribution in [2.45, 2.75) is 27.7 Å². The normalized spacial score (nSPS) is 16.5. The van der Waals surface area contributed by atoms with E-state index in [1.54, 1.807) is 4.90 Å². The Labute approximate surface area is 127 Å². The van der Waals surface area contributed by atoms with Crippen molar-refractivity contribution in [3.63, 3.8) is 0 Å². The lowest BCUT2D eigenvalue weighted by Gasteiger charge is -2.46. The molecule has 1 amide bonds. The molecule has 0 aliphatic carbocycles. The minimum Gasteiger partial charge on any atom is -0.348 e. The number of nitrogens with zero attached hydrogens (tertiary/aromatic N) is 3. The molecular weight excluding hydrogens is 266 g/mol. The van der Waals surface area contributed by atoms with Gasteiger partial charge in [-0.1, -0.05) is 27.0 Å². The van der Waals surface area contributed by atoms with Crippen molar-refractivity contribution in [2.24, 2.45) is 10.4 Å². The number of allylic oxidation sites excluding steroid dienone is 1. The van der Waals surface area contributed by atoms with Gasteiger partial charge in [-0.3, -0.25) is 9.59 Å². The van der Waals surface area contributed by atoms with E-state index in [2.05, 4.69) is 32.0 Å². The van der Waals surface area contributed by atoms with Gasteiger partial charge in [-0.25, -0.2) is 4.99 Å². The van der Waals surface area contributed by atoms with Crippen molar-refractivity contribution >= 4 is 17.9 Å². The molecule has 5 heteroatoms. The average molecular weight is 291 g/mol. The molecule has 0 aromatic heterocycles. The van der Waals surface area contributed by atoms with Gasteiger partial charge in [-0.15, -0.1) is 0 Å². The zero-order chi connectivity index (χ0) is 16.2. The van der Waals surface area contributed by atoms with E-state index in [1.807, 2.05) is 11.8 Å². The highest BCUT2D eigenvalue weighted by molar-refractivity contribution is 6.11. The van der Waals surface area contributed by atoms with Crippen LogP contribution in [0.4, 0.5) is 0 Å². The second kappa shape index (κ2) is 6.70. The summed E-state index contributed by atoms with van der Waals surface area (Å²) in [5, 5.41) is 0. The molecule has 0 saturated carbocycles. The van der Waals surface area contributed by atoms with E-state index in [0.717, 1.165) is 13.1 Å². The second-order valence-electron chi connectivity index (χ2n) is 6.18. The van der Waals surface area contributed by atoms with Crippen LogP contribution < -0.4 is 0 Å². The van der Waals surface area contributed by atoms with Gasteiger partial charge in [0.15, 0.2) is 5.78 Å². The fourth-order valence-corrected chi connectivity index (χ4v) is 2.14. The summed E-state index contributed by atoms with van der Waals surface area (Å²) in [5.41, 5.74) is 0.546. The minimum absolute atomic E-state index is 0.0814. The van der Waals surface area contributed by atoms with Gasteiger partial charge in [0.1, 0.15) is 5.82 Å². The Morgan fingerprint density at radius 2 is 1.90 bits per heavy atom. The molecule has 0 aromatic rings. The number of carbonyl (C=O) groups is 2. The standard InChI is InChI=1S/C16H25N3O2/c1-7-18(14(4)17-8-12(2)13(3)20)9-15(21)19-10-16(5,6)11-19/h8H,2,4,7,9-11H2,1,3,5-6H3. The number of carbonyl (C=O) groups excluding carboxylic acids is 2. The van der Waals surface area contributed by atoms with Crippen LogP contribution in [0.5, 0.6) is 0 Å². The van der Waals surface area contributed by atoms with Crippen LogP contribution in [0.15, 0.2) is 29.5 Å². The fraction of sp³-hybridized carbons (Fsp3) is 0.562. The zero-order valence-electron chi connectivity index (χ0n) is 13.5. The van der Waals surface area contributed by atoms with Crippen molar-refractivity contribution in [3.8, 4) is 0 Å². The van der Waals surface area contributed by atoms with E-state index >= 15 is 0 Å². The van der Waals surface area contributed by atoms with Gasteiger partial charge in [-0.05, 0) is 19.3 Å². The lowest BCUT2D eigenvalue weighted by atomic mass is 9.84. The molecule has 1 saturated heterocycles. The summed E-state index contributed by atoms with van der Waals surface area (Å²) in [5.74, 6) is 0.416. The molecule has 0 spiro atoms. The molecule has 1 rings (SSSR count). The summed E-state index contributed by atoms with van der Waals surface area (Å²) >= 11 is 0. The molecular formula is C16H25N3O2. The van der Waals surface area contributed by atoms with Crippen LogP contribution in [-0.4, -0.2) is 53.9 Å². The van der Waals surface area contributed by atoms with Gasteiger partial charge < -0.3 is 9.80 Å². The van der Waals surface area contributed by atoms with Crippen LogP contribution in [0.1, 0.15) is 27.7 Å². The van der Waals surface area contributed by atoms with Crippen molar-refractivity contribution in [1.29, 1.82) is 0 Å². The molecule has 1 fully saturated rings. The monoisotopic (exact) mass is 291 g/mol. The lowest BCUT2D eigenvalue weighted by molar-refractivity contribution is -0.142. The number of likely N-dealkylation sites (N-methyl/N-ethyl adjacent to an activating group) is 1. The molecule has 0 N–H and O–H groups in total. The molecule has 1 aliphatic rings. The van der Waals surface area contributed by atoms with Gasteiger partial charge in [-0.2, -0.15) is 0 Å². The lowest BCUT2D eigenvalue weighted by Crippen LogP contribution is -2.57. The molecule has 21 heavy (non-hydrogen) atoms. The van der Waals surface area contributed by atoms with Gasteiger partial charge in [0, 0.05) is 31.4 Å². The summed E-state index contributed by atoms with van der Waals surface area (Å²) in [6, 6.07) is 0. The Bertz CT molecular complexity index is 484. The number of rotatable bonds is 7. The molecule has 0 bridgehead atoms. The van der Waals surface area contributed by atoms with Gasteiger partial charge in [0.25, 0.3) is 0 Å². The topological polar surface area (TPSA) is 53.0 Å². The number of ketones is 1. The summed E-state index contributed by atoms with van der Waals surface area (Å²) in [4.78, 5) is 31.0. The minimum atomic E-state index is -0.131. The van der Waals surface area contributed by atoms with Crippen LogP contribution in [0.2, 0.25) is 0 Å². The summed E-state index contributed by atoms with van der Waals surface area (Å²) in [6.45, 7) is 17.6. The smallest absolute Gasteiger partial charge is 0.242 e. The van der Waals surface area contributed by atoms with E-state index in [9.17, 15) is 9.59 Å². The highest BCUT2D eigenvalue weighted by atomic mass is 16.2. The Kier molecular flexibility index (Phi) is 5.47. The van der Waals surface area contributed by atoms with Crippen LogP contribution in [0.3, 0.4) is 0 Å². The molecule has 0 atom stereocenters. The molecule has 5 nitrogen and oxygen atoms in total. The van der Waals surface area contributed by atoms with Crippen molar-refractivity contribution < 1.29 is 9.59 Å². The first-order valence-electron chi connectivity index (χ1n) is 7.12. The highest BCUT2D eigenvalue weighted by Crippen LogP contribution is 2.28. The van der Waals surface area contributed by atoms with Crippen molar-refractivity contribution in [3.05, 3.63) is 24.6 Å². The molecule has 1 aliphatic heterocycles. The van der Waals surface area contributed by atoms with E-state index in [1.165, 1.54) is 13.1 Å². The molecule has 0 aromatic carbocycles. The Morgan fingerprint density at radius 3 is 2.33 bits per heavy atom. The van der Waals surface area contributed by atoms with Crippen LogP contribution >= 0.6 is 0 Å². The first-order valence-corrected chi connectivity index (χ1v) is 7.12. The number of likely N-dealkylation sites (tertiary alicyclic amines) is 1. The molecule has 0 unspecified atom stereocenters. The van der Waals surface area contributed by atoms with Crippen LogP contribution in [0, 0.1) is 5.41 Å². The van der Waals surface area contributed by atoms with Gasteiger partial charge in [0.05, 0.1) is 6.54 Å². The van der Waals surface area contributed by atoms with E-state index in [4.69, 9.17) is 0 Å². The molecule has 116 valence electrons. The maximum absolute atomic E-state index is 12.2. The quantitative estimate of drug-likeness (QED) is 0.531. The van der Waals surface area contributed by atoms with Gasteiger partial charge in [0.2, 0.25) is 5.91 Å². The summed E-state index contributed by atoms with van der Waals surface area (Å²) in [7, 11) is 0. The van der Waals surface area contributed by atoms with E-state index < -0.39 is 0 Å². The zero-order valence-corrected chi connectivity index (χ0v) is 13.5. The van der Waals surface area contributed by atoms with Gasteiger partial charge >= 0.3 is 0 Å². The summed E-state index contributed by atoms with van der Waals surface area (Å²) < 4.78 is 0. The second-order valence-corrected chi connectivity index (χ2v) is 6.18. The number of hydrogen-bond donors (Lipinski definition) is 0. The number of aliphatic imine (C=N–C) groups is 1. The summed E-state index contributed by atoms with van der Waals surface area (Å²) in [6.07, 6.45) is 1.39. The average Bonchev–Trinajstić information content (AvgIpc) is 2.38. The Balaban J connectivity index is 2.55. The molecule has 0 radical (unpaired) electrons. The maximum atomic E-state index is 12.2. The predicted molar refractivity (Wildman–Crippen MR) is 85.1 cm³/mol. The maximum Gasteiger partial charge on any atom is 0.242 e. The molecule has 1 heterocycles. The third-order valence-corrected chi connectivity index (χ3v) is 3.48. The van der Waals surface area contributed by atoms with E-state index in [0.29, 0.717) is 17.9 Å². The third kappa shape index (κ3) is 4.85. The SMILES string of the molecule is C=C(C=NC(=C)N(CC)CC(=O)N1CC(C)(C)C1)C(C)=O. The number of amides is 1.